The lowest BCUT2D eigenvalue weighted by Crippen LogP contribution is -0.913. The summed E-state index contributed by atoms with van der Waals surface area (Å²) in [5.41, 5.74) is 0. The molecule has 0 aromatic carbocycles. The molecule has 0 saturated carbocycles. The van der Waals surface area contributed by atoms with Gasteiger partial charge in [-0.25, -0.2) is 0 Å². The van der Waals surface area contributed by atoms with Gasteiger partial charge in [-0.15, -0.1) is 0 Å². The summed E-state index contributed by atoms with van der Waals surface area (Å²) in [6, 6.07) is 0. The summed E-state index contributed by atoms with van der Waals surface area (Å²) in [4.78, 5) is 0. The molecule has 32 valence electrons. The van der Waals surface area contributed by atoms with E-state index in [4.69, 9.17) is 4.66 Å². The molecule has 0 amide bonds. The van der Waals surface area contributed by atoms with Crippen LogP contribution in [0.15, 0.2) is 0 Å². The third kappa shape index (κ3) is 25.4. The highest BCUT2D eigenvalue weighted by atomic mass is 35.5. The maximum atomic E-state index is 6.47. The number of hydrogen-bond acceptors (Lipinski definition) is 1. The Kier molecular flexibility index (Phi) is 233. The maximum absolute atomic E-state index is 6.47. The Morgan fingerprint density at radius 1 is 0.800 bits per heavy atom. The van der Waals surface area contributed by atoms with Gasteiger partial charge in [0.2, 0.25) is 0 Å². The summed E-state index contributed by atoms with van der Waals surface area (Å²) >= 11 is 3.64. The van der Waals surface area contributed by atoms with Crippen LogP contribution < -0.4 is 0 Å². The molecule has 1 N–H and O–H groups in total. The minimum atomic E-state index is 0. The second-order valence-electron chi connectivity index (χ2n) is 0. The molecule has 0 aliphatic heterocycles. The van der Waals surface area contributed by atoms with E-state index in [0.29, 0.717) is 0 Å². The van der Waals surface area contributed by atoms with Crippen LogP contribution in [0.2, 0.25) is 0 Å². The minimum Gasteiger partial charge on any atom is -0.295 e. The first-order chi connectivity index (χ1) is 1.00. The topological polar surface area (TPSA) is 20.2 Å². The second-order valence-corrected chi connectivity index (χ2v) is 0. The summed E-state index contributed by atoms with van der Waals surface area (Å²) in [7, 11) is 0. The molecule has 0 aliphatic rings. The van der Waals surface area contributed by atoms with Crippen molar-refractivity contribution in [2.45, 2.75) is 0 Å². The average molecular weight is 142 g/mol. The van der Waals surface area contributed by atoms with Crippen LogP contribution in [0.25, 0.3) is 0 Å². The second kappa shape index (κ2) is 40.3. The average Bonchev–Trinajstić information content (AvgIpc) is 1.00. The zero-order valence-corrected chi connectivity index (χ0v) is 1.58. The van der Waals surface area contributed by atoms with Crippen molar-refractivity contribution in [3.8, 4) is 0 Å². The fraction of sp³-hybridized carbons (Fsp3) is 0. The van der Waals surface area contributed by atoms with Gasteiger partial charge < -0.3 is 0 Å². The smallest absolute Gasteiger partial charge is 0.187 e. The fourth-order valence-corrected chi connectivity index (χ4v) is 0. The molecule has 0 radical (unpaired) electrons. The molecule has 5 heteroatoms. The zero-order valence-electron chi connectivity index (χ0n) is 0.825. The molecule has 5 heavy (non-hydrogen) atoms. The van der Waals surface area contributed by atoms with Crippen LogP contribution in [-0.4, -0.2) is 56.7 Å². The van der Waals surface area contributed by atoms with Crippen molar-refractivity contribution in [2.24, 2.45) is 0 Å². The Morgan fingerprint density at radius 2 is 0.800 bits per heavy atom. The standard InChI is InChI=1S/3Al.ClHO.9H/c;;;1-2;;;;;;;;;/h;;;2H;;;;;;;;;. The van der Waals surface area contributed by atoms with Crippen molar-refractivity contribution in [1.29, 1.82) is 0 Å². The molecule has 0 aromatic rings. The van der Waals surface area contributed by atoms with Crippen LogP contribution in [-0.2, 0) is 0 Å². The Balaban J connectivity index is -0.00000000167. The highest BCUT2D eigenvalue weighted by Gasteiger charge is 0.897. The molecule has 0 unspecified atom stereocenters. The summed E-state index contributed by atoms with van der Waals surface area (Å²) < 4.78 is 6.47. The van der Waals surface area contributed by atoms with Gasteiger partial charge in [0, 0.05) is 0 Å². The largest absolute Gasteiger partial charge is 0.295 e. The minimum absolute atomic E-state index is 0. The summed E-state index contributed by atoms with van der Waals surface area (Å²) in [5, 5.41) is 0. The van der Waals surface area contributed by atoms with E-state index in [1.165, 1.54) is 0 Å². The molecule has 0 atom stereocenters. The van der Waals surface area contributed by atoms with Crippen LogP contribution in [0, 0.1) is 0 Å². The van der Waals surface area contributed by atoms with Crippen molar-refractivity contribution >= 4 is 63.9 Å². The number of halogens is 1. The number of hydrogen-bond donors (Lipinski definition) is 1. The van der Waals surface area contributed by atoms with Crippen molar-refractivity contribution in [3.05, 3.63) is 0 Å². The van der Waals surface area contributed by atoms with Crippen LogP contribution in [0.5, 0.6) is 0 Å². The highest BCUT2D eigenvalue weighted by Crippen LogP contribution is 1.31. The molecular formula is H10Al3ClO. The van der Waals surface area contributed by atoms with Gasteiger partial charge in [0.25, 0.3) is 0 Å². The van der Waals surface area contributed by atoms with Gasteiger partial charge in [0.05, 0.1) is 11.9 Å². The molecule has 0 spiro atoms. The van der Waals surface area contributed by atoms with Crippen molar-refractivity contribution < 1.29 is 4.66 Å². The van der Waals surface area contributed by atoms with Crippen LogP contribution in [0.3, 0.4) is 0 Å². The van der Waals surface area contributed by atoms with E-state index in [-0.39, 0.29) is 52.1 Å². The van der Waals surface area contributed by atoms with Gasteiger partial charge in [0.15, 0.2) is 52.1 Å². The third-order valence-corrected chi connectivity index (χ3v) is 0. The molecule has 0 rings (SSSR count). The molecule has 0 fully saturated rings. The molecule has 0 bridgehead atoms. The van der Waals surface area contributed by atoms with Crippen LogP contribution in [0.1, 0.15) is 0 Å². The normalized spacial score (nSPS) is 1.20. The lowest BCUT2D eigenvalue weighted by molar-refractivity contribution is 0.632. The van der Waals surface area contributed by atoms with Gasteiger partial charge in [0.1, 0.15) is 0 Å². The van der Waals surface area contributed by atoms with E-state index in [1.54, 1.807) is 0 Å². The summed E-state index contributed by atoms with van der Waals surface area (Å²) in [6.07, 6.45) is 0. The maximum Gasteiger partial charge on any atom is 0.187 e. The van der Waals surface area contributed by atoms with Gasteiger partial charge in [-0.3, -0.25) is 4.66 Å². The molecule has 0 aromatic heterocycles. The lowest BCUT2D eigenvalue weighted by Gasteiger charge is -1.13. The molecule has 0 aliphatic carbocycles. The molecular weight excluding hydrogens is 132 g/mol. The lowest BCUT2D eigenvalue weighted by atomic mass is 15.9. The molecule has 1 nitrogen and oxygen atoms in total. The van der Waals surface area contributed by atoms with Crippen molar-refractivity contribution in [3.63, 3.8) is 0 Å². The van der Waals surface area contributed by atoms with Gasteiger partial charge in [-0.2, -0.15) is 0 Å². The zero-order chi connectivity index (χ0) is 2.00. The van der Waals surface area contributed by atoms with Gasteiger partial charge in [-0.1, -0.05) is 0 Å². The predicted molar refractivity (Wildman–Crippen MR) is 37.9 cm³/mol. The van der Waals surface area contributed by atoms with E-state index in [2.05, 4.69) is 11.9 Å². The monoisotopic (exact) mass is 142 g/mol. The van der Waals surface area contributed by atoms with Crippen molar-refractivity contribution in [2.75, 3.05) is 0 Å². The van der Waals surface area contributed by atoms with Crippen LogP contribution >= 0.6 is 11.9 Å². The Morgan fingerprint density at radius 3 is 0.800 bits per heavy atom. The highest BCUT2D eigenvalue weighted by molar-refractivity contribution is 6.04. The van der Waals surface area contributed by atoms with Gasteiger partial charge in [-0.05, 0) is 0 Å². The molecule has 0 heterocycles. The van der Waals surface area contributed by atoms with Gasteiger partial charge >= 0.3 is 0 Å². The van der Waals surface area contributed by atoms with E-state index in [0.717, 1.165) is 0 Å². The third-order valence-electron chi connectivity index (χ3n) is 0. The first kappa shape index (κ1) is 28.9. The van der Waals surface area contributed by atoms with Crippen LogP contribution in [0.4, 0.5) is 0 Å². The van der Waals surface area contributed by atoms with E-state index in [1.807, 2.05) is 0 Å². The van der Waals surface area contributed by atoms with Crippen molar-refractivity contribution in [1.82, 2.24) is 0 Å². The summed E-state index contributed by atoms with van der Waals surface area (Å²) in [6.45, 7) is 0. The summed E-state index contributed by atoms with van der Waals surface area (Å²) in [5.74, 6) is 0. The molecule has 0 saturated heterocycles. The van der Waals surface area contributed by atoms with E-state index < -0.39 is 0 Å². The van der Waals surface area contributed by atoms with E-state index in [9.17, 15) is 0 Å². The SMILES string of the molecule is OCl.[AlH3].[AlH3].[AlH3]. The fourth-order valence-electron chi connectivity index (χ4n) is 0. The Labute approximate surface area is 68.3 Å². The predicted octanol–water partition coefficient (Wildman–Crippen LogP) is -3.42. The first-order valence-electron chi connectivity index (χ1n) is 0.169. The first-order valence-corrected chi connectivity index (χ1v) is 0.507. The Bertz CT molecular complexity index is 6.85. The van der Waals surface area contributed by atoms with E-state index >= 15 is 0 Å². The quantitative estimate of drug-likeness (QED) is 0.350. The Hall–Kier alpha value is 1.85. The number of rotatable bonds is 0.